The van der Waals surface area contributed by atoms with E-state index >= 15 is 0 Å². The third-order valence-corrected chi connectivity index (χ3v) is 6.50. The van der Waals surface area contributed by atoms with Gasteiger partial charge in [-0.2, -0.15) is 0 Å². The Morgan fingerprint density at radius 2 is 1.59 bits per heavy atom. The van der Waals surface area contributed by atoms with Crippen molar-refractivity contribution in [3.63, 3.8) is 0 Å². The molecule has 34 heavy (non-hydrogen) atoms. The number of hydrogen-bond donors (Lipinski definition) is 0. The van der Waals surface area contributed by atoms with E-state index in [-0.39, 0.29) is 5.91 Å². The maximum atomic E-state index is 12.8. The number of hydrogen-bond acceptors (Lipinski definition) is 6. The van der Waals surface area contributed by atoms with E-state index in [1.165, 1.54) is 7.11 Å². The molecular weight excluding hydrogens is 479 g/mol. The summed E-state index contributed by atoms with van der Waals surface area (Å²) in [4.78, 5) is 17.0. The van der Waals surface area contributed by atoms with Gasteiger partial charge in [-0.05, 0) is 49.7 Å². The second-order valence-corrected chi connectivity index (χ2v) is 9.02. The zero-order chi connectivity index (χ0) is 24.7. The van der Waals surface area contributed by atoms with Gasteiger partial charge >= 0.3 is 0 Å². The average Bonchev–Trinajstić information content (AvgIpc) is 2.95. The molecule has 7 nitrogen and oxygen atoms in total. The number of likely N-dealkylation sites (N-methyl/N-ethyl adjacent to an activating group) is 1. The molecule has 9 heteroatoms. The number of methoxy groups -OCH3 is 3. The van der Waals surface area contributed by atoms with Crippen LogP contribution in [0, 0.1) is 0 Å². The molecule has 0 N–H and O–H groups in total. The number of benzene rings is 2. The second kappa shape index (κ2) is 12.4. The highest BCUT2D eigenvalue weighted by molar-refractivity contribution is 6.37. The molecule has 2 aromatic carbocycles. The van der Waals surface area contributed by atoms with Gasteiger partial charge in [-0.25, -0.2) is 0 Å². The molecule has 1 aliphatic rings. The lowest BCUT2D eigenvalue weighted by atomic mass is 10.0. The molecule has 3 rings (SSSR count). The number of halogens is 2. The van der Waals surface area contributed by atoms with Crippen molar-refractivity contribution in [1.82, 2.24) is 9.80 Å². The topological polar surface area (TPSA) is 60.5 Å². The first-order chi connectivity index (χ1) is 16.4. The van der Waals surface area contributed by atoms with Crippen molar-refractivity contribution in [2.24, 2.45) is 0 Å². The summed E-state index contributed by atoms with van der Waals surface area (Å²) in [6.45, 7) is 3.51. The van der Waals surface area contributed by atoms with Gasteiger partial charge in [0.2, 0.25) is 5.91 Å². The zero-order valence-electron chi connectivity index (χ0n) is 20.2. The molecule has 1 aliphatic heterocycles. The lowest BCUT2D eigenvalue weighted by Gasteiger charge is -2.23. The van der Waals surface area contributed by atoms with Gasteiger partial charge in [-0.15, -0.1) is 0 Å². The first-order valence-corrected chi connectivity index (χ1v) is 12.0. The minimum Gasteiger partial charge on any atom is -0.494 e. The Kier molecular flexibility index (Phi) is 9.56. The van der Waals surface area contributed by atoms with Crippen LogP contribution in [0.2, 0.25) is 10.0 Å². The third-order valence-electron chi connectivity index (χ3n) is 5.94. The van der Waals surface area contributed by atoms with Crippen molar-refractivity contribution in [2.45, 2.75) is 19.3 Å². The molecule has 0 bridgehead atoms. The van der Waals surface area contributed by atoms with E-state index in [9.17, 15) is 4.79 Å². The van der Waals surface area contributed by atoms with Crippen LogP contribution in [0.25, 0.3) is 0 Å². The summed E-state index contributed by atoms with van der Waals surface area (Å²) >= 11 is 12.3. The van der Waals surface area contributed by atoms with Gasteiger partial charge in [0, 0.05) is 31.8 Å². The molecule has 0 saturated heterocycles. The fourth-order valence-corrected chi connectivity index (χ4v) is 4.65. The van der Waals surface area contributed by atoms with E-state index in [4.69, 9.17) is 42.1 Å². The highest BCUT2D eigenvalue weighted by Gasteiger charge is 2.22. The van der Waals surface area contributed by atoms with E-state index in [1.807, 2.05) is 24.1 Å². The van der Waals surface area contributed by atoms with Gasteiger partial charge in [-0.1, -0.05) is 23.2 Å². The SMILES string of the molecule is COc1cc2c(cc1OC)CC(=O)N(CCCN(C)CCOc1cc(Cl)c(OC)c(Cl)c1)CC2. The standard InChI is InChI=1S/C25H32Cl2N2O5/c1-28(10-11-34-19-15-20(26)25(33-4)21(27)16-19)7-5-8-29-9-6-17-12-22(31-2)23(32-3)13-18(17)14-24(29)30/h12-13,15-16H,5-11,14H2,1-4H3. The van der Waals surface area contributed by atoms with Crippen molar-refractivity contribution in [3.8, 4) is 23.0 Å². The molecule has 0 fully saturated rings. The number of fused-ring (bicyclic) bond motifs is 1. The van der Waals surface area contributed by atoms with Crippen LogP contribution in [0.3, 0.4) is 0 Å². The van der Waals surface area contributed by atoms with Crippen LogP contribution >= 0.6 is 23.2 Å². The Labute approximate surface area is 211 Å². The number of amides is 1. The summed E-state index contributed by atoms with van der Waals surface area (Å²) in [6.07, 6.45) is 2.07. The summed E-state index contributed by atoms with van der Waals surface area (Å²) in [7, 11) is 6.80. The molecule has 0 radical (unpaired) electrons. The van der Waals surface area contributed by atoms with Crippen LogP contribution in [0.1, 0.15) is 17.5 Å². The number of rotatable bonds is 11. The third kappa shape index (κ3) is 6.62. The van der Waals surface area contributed by atoms with Gasteiger partial charge in [0.05, 0.1) is 37.8 Å². The fraction of sp³-hybridized carbons (Fsp3) is 0.480. The maximum absolute atomic E-state index is 12.8. The molecule has 0 unspecified atom stereocenters. The summed E-state index contributed by atoms with van der Waals surface area (Å²) in [5, 5.41) is 0.832. The summed E-state index contributed by atoms with van der Waals surface area (Å²) in [5.74, 6) is 2.55. The van der Waals surface area contributed by atoms with Gasteiger partial charge in [0.25, 0.3) is 0 Å². The van der Waals surface area contributed by atoms with E-state index < -0.39 is 0 Å². The van der Waals surface area contributed by atoms with Crippen LogP contribution in [0.4, 0.5) is 0 Å². The Hall–Kier alpha value is -2.35. The first-order valence-electron chi connectivity index (χ1n) is 11.2. The average molecular weight is 511 g/mol. The molecule has 0 aliphatic carbocycles. The minimum absolute atomic E-state index is 0.144. The molecule has 0 saturated carbocycles. The number of carbonyl (C=O) groups excluding carboxylic acids is 1. The Morgan fingerprint density at radius 3 is 2.21 bits per heavy atom. The van der Waals surface area contributed by atoms with E-state index in [0.29, 0.717) is 52.6 Å². The first kappa shape index (κ1) is 26.3. The number of ether oxygens (including phenoxy) is 4. The van der Waals surface area contributed by atoms with Crippen LogP contribution in [-0.2, 0) is 17.6 Å². The van der Waals surface area contributed by atoms with Crippen LogP contribution in [0.15, 0.2) is 24.3 Å². The summed E-state index contributed by atoms with van der Waals surface area (Å²) in [5.41, 5.74) is 2.15. The molecule has 0 atom stereocenters. The fourth-order valence-electron chi connectivity index (χ4n) is 4.03. The maximum Gasteiger partial charge on any atom is 0.227 e. The van der Waals surface area contributed by atoms with E-state index in [2.05, 4.69) is 4.90 Å². The Morgan fingerprint density at radius 1 is 0.941 bits per heavy atom. The largest absolute Gasteiger partial charge is 0.494 e. The normalized spacial score (nSPS) is 13.5. The highest BCUT2D eigenvalue weighted by atomic mass is 35.5. The Bertz CT molecular complexity index is 979. The smallest absolute Gasteiger partial charge is 0.227 e. The lowest BCUT2D eigenvalue weighted by molar-refractivity contribution is -0.130. The van der Waals surface area contributed by atoms with Gasteiger partial charge in [0.15, 0.2) is 17.2 Å². The second-order valence-electron chi connectivity index (χ2n) is 8.21. The quantitative estimate of drug-likeness (QED) is 0.447. The van der Waals surface area contributed by atoms with Crippen LogP contribution in [-0.4, -0.2) is 76.9 Å². The monoisotopic (exact) mass is 510 g/mol. The van der Waals surface area contributed by atoms with Gasteiger partial charge < -0.3 is 28.7 Å². The van der Waals surface area contributed by atoms with Crippen molar-refractivity contribution in [3.05, 3.63) is 45.4 Å². The zero-order valence-corrected chi connectivity index (χ0v) is 21.7. The molecule has 0 spiro atoms. The Balaban J connectivity index is 1.44. The molecule has 1 heterocycles. The summed E-state index contributed by atoms with van der Waals surface area (Å²) in [6, 6.07) is 7.30. The van der Waals surface area contributed by atoms with Crippen molar-refractivity contribution in [2.75, 3.05) is 61.2 Å². The number of nitrogens with zero attached hydrogens (tertiary/aromatic N) is 2. The van der Waals surface area contributed by atoms with E-state index in [1.54, 1.807) is 26.4 Å². The number of carbonyl (C=O) groups is 1. The van der Waals surface area contributed by atoms with Crippen molar-refractivity contribution >= 4 is 29.1 Å². The minimum atomic E-state index is 0.144. The van der Waals surface area contributed by atoms with E-state index in [0.717, 1.165) is 43.6 Å². The van der Waals surface area contributed by atoms with Gasteiger partial charge in [-0.3, -0.25) is 4.79 Å². The predicted octanol–water partition coefficient (Wildman–Crippen LogP) is 4.35. The van der Waals surface area contributed by atoms with Crippen molar-refractivity contribution in [1.29, 1.82) is 0 Å². The molecular formula is C25H32Cl2N2O5. The lowest BCUT2D eigenvalue weighted by Crippen LogP contribution is -2.35. The van der Waals surface area contributed by atoms with Crippen LogP contribution < -0.4 is 18.9 Å². The summed E-state index contributed by atoms with van der Waals surface area (Å²) < 4.78 is 21.8. The van der Waals surface area contributed by atoms with Gasteiger partial charge in [0.1, 0.15) is 12.4 Å². The van der Waals surface area contributed by atoms with Crippen LogP contribution in [0.5, 0.6) is 23.0 Å². The molecule has 186 valence electrons. The molecule has 2 aromatic rings. The molecule has 1 amide bonds. The highest BCUT2D eigenvalue weighted by Crippen LogP contribution is 2.36. The molecule has 0 aromatic heterocycles. The predicted molar refractivity (Wildman–Crippen MR) is 134 cm³/mol. The van der Waals surface area contributed by atoms with Crippen molar-refractivity contribution < 1.29 is 23.7 Å².